The van der Waals surface area contributed by atoms with E-state index < -0.39 is 258 Å². The van der Waals surface area contributed by atoms with Crippen molar-refractivity contribution in [1.82, 2.24) is 42.5 Å². The highest BCUT2D eigenvalue weighted by Crippen LogP contribution is 2.50. The molecule has 18 atom stereocenters. The number of aliphatic carboxylic acids is 1. The summed E-state index contributed by atoms with van der Waals surface area (Å²) < 4.78 is 75.0. The van der Waals surface area contributed by atoms with Crippen LogP contribution in [0.2, 0.25) is 15.1 Å². The van der Waals surface area contributed by atoms with Crippen LogP contribution in [0.15, 0.2) is 144 Å². The lowest BCUT2D eigenvalue weighted by Crippen LogP contribution is -2.65. The van der Waals surface area contributed by atoms with Gasteiger partial charge in [-0.1, -0.05) is 121 Å². The van der Waals surface area contributed by atoms with Crippen molar-refractivity contribution in [3.05, 3.63) is 205 Å². The Labute approximate surface area is 742 Å². The van der Waals surface area contributed by atoms with Crippen LogP contribution < -0.4 is 62.5 Å². The fraction of sp³-hybridized carbons (Fsp3) is 0.364. The minimum Gasteiger partial charge on any atom is -0.508 e. The Bertz CT molecular complexity index is 5700. The van der Waals surface area contributed by atoms with E-state index in [-0.39, 0.29) is 58.0 Å². The third kappa shape index (κ3) is 20.5. The first kappa shape index (κ1) is 93.3. The second-order valence-corrected chi connectivity index (χ2v) is 35.3. The number of primary amides is 1. The number of hydrogen-bond acceptors (Lipinski definition) is 27. The molecule has 11 unspecified atom stereocenters. The summed E-state index contributed by atoms with van der Waals surface area (Å²) >= 11 is 20.7. The van der Waals surface area contributed by atoms with Crippen LogP contribution in [0.3, 0.4) is 0 Å². The number of carboxylic acids is 1. The molecule has 0 saturated carbocycles. The van der Waals surface area contributed by atoms with Gasteiger partial charge in [0, 0.05) is 46.3 Å². The second kappa shape index (κ2) is 38.3. The Morgan fingerprint density at radius 1 is 0.654 bits per heavy atom. The fourth-order valence-electron chi connectivity index (χ4n) is 16.2. The molecule has 39 heteroatoms. The van der Waals surface area contributed by atoms with E-state index in [2.05, 4.69) is 42.5 Å². The van der Waals surface area contributed by atoms with Crippen LogP contribution >= 0.6 is 34.8 Å². The van der Waals surface area contributed by atoms with Gasteiger partial charge in [-0.05, 0) is 171 Å². The number of halogens is 3. The van der Waals surface area contributed by atoms with E-state index in [1.165, 1.54) is 33.0 Å². The number of fused-ring (bicyclic) bond motifs is 15. The number of aryl methyl sites for hydroxylation is 3. The van der Waals surface area contributed by atoms with Crippen molar-refractivity contribution in [2.45, 2.75) is 188 Å². The number of amides is 7. The van der Waals surface area contributed by atoms with Crippen LogP contribution in [-0.4, -0.2) is 194 Å². The molecule has 674 valence electrons. The first-order chi connectivity index (χ1) is 60.1. The number of rotatable bonds is 20. The molecule has 19 N–H and O–H groups in total. The molecule has 8 aromatic rings. The summed E-state index contributed by atoms with van der Waals surface area (Å²) in [7, 11) is -3.33. The van der Waals surface area contributed by atoms with Gasteiger partial charge in [0.05, 0.1) is 46.2 Å². The maximum atomic E-state index is 16.4. The number of carbonyl (C=O) groups is 8. The van der Waals surface area contributed by atoms with E-state index in [4.69, 9.17) is 73.1 Å². The molecule has 2 saturated heterocycles. The van der Waals surface area contributed by atoms with E-state index in [1.54, 1.807) is 45.0 Å². The van der Waals surface area contributed by atoms with Gasteiger partial charge in [-0.25, -0.2) is 4.79 Å². The van der Waals surface area contributed by atoms with Gasteiger partial charge >= 0.3 is 5.97 Å². The summed E-state index contributed by atoms with van der Waals surface area (Å²) in [5.41, 5.74) is 5.28. The molecular weight excluding hydrogens is 1740 g/mol. The number of phenols is 3. The summed E-state index contributed by atoms with van der Waals surface area (Å²) in [5.74, 6) is -16.7. The van der Waals surface area contributed by atoms with Crippen molar-refractivity contribution in [2.24, 2.45) is 11.7 Å². The quantitative estimate of drug-likeness (QED) is 0.0357. The maximum Gasteiger partial charge on any atom is 0.330 e. The molecule has 0 aromatic heterocycles. The van der Waals surface area contributed by atoms with Crippen molar-refractivity contribution in [3.63, 3.8) is 0 Å². The monoisotopic (exact) mass is 1830 g/mol. The molecule has 0 radical (unpaired) electrons. The normalized spacial score (nSPS) is 25.9. The molecule has 7 aliphatic rings. The number of aromatic hydroxyl groups is 3. The number of phenolic OH excluding ortho intramolecular Hbond substituents is 3. The number of carboxylic acid groups (broad SMARTS) is 1. The molecule has 7 heterocycles. The van der Waals surface area contributed by atoms with E-state index in [1.807, 2.05) is 50.2 Å². The van der Waals surface area contributed by atoms with E-state index in [9.17, 15) is 68.8 Å². The standard InChI is InChI=1S/C88H94Cl3N9O26S/c1-37(2)23-55(93-8)80(110)99-70-72(105)46-16-21-59(53(90)27-46)122-61-29-48-30-62(76(61)126-87-77(75(108)74(107)63(124-87)36-120-127(118,119)78-39(4)24-38(3)25-40(78)5)125-65-34-88(7,79(109)41(6)121-65)94-35-42-9-11-43(12-10-42)44-13-18-49(89)19-14-44)123-60-22-17-47(28-54(60)91)73(106)71-85(115)98-69(86(116)117)52-31-50(101)32-58(103)66(52)51-26-45(15-20-57(51)102)67(82(112)100-71)97-83(113)68(48)96-81(111)56(33-64(92)104)95-84(70)114/h9-22,24-32,37,41,55-56,63,65,67-75,77,79,87,93-94,101-103,105-109H,23,33-36H2,1-8H3,(H2,92,104)(H,95,114)(H,96,111)(H,97,113)(H,98,115)(H,99,110)(H,100,112)(H,116,117)/t41?,55-,56-,63?,65?,67?,68?,69+,70+,71-,72+,73+,74?,75?,77?,79?,87?,88?/m0/s1. The van der Waals surface area contributed by atoms with E-state index in [0.29, 0.717) is 10.6 Å². The molecule has 2 fully saturated rings. The molecule has 0 spiro atoms. The number of likely N-dealkylation sites (N-methyl/N-ethyl adjacent to an activating group) is 1. The van der Waals surface area contributed by atoms with Crippen LogP contribution in [0.1, 0.15) is 127 Å². The van der Waals surface area contributed by atoms with Crippen LogP contribution in [0.5, 0.6) is 46.0 Å². The number of ether oxygens (including phenoxy) is 6. The van der Waals surface area contributed by atoms with Gasteiger partial charge in [-0.15, -0.1) is 0 Å². The van der Waals surface area contributed by atoms with Gasteiger partial charge < -0.3 is 123 Å². The topological polar surface area (TPSA) is 540 Å². The van der Waals surface area contributed by atoms with Gasteiger partial charge in [0.2, 0.25) is 53.4 Å². The molecule has 0 aliphatic carbocycles. The Morgan fingerprint density at radius 2 is 1.24 bits per heavy atom. The first-order valence-electron chi connectivity index (χ1n) is 40.2. The van der Waals surface area contributed by atoms with Gasteiger partial charge in [-0.3, -0.25) is 37.7 Å². The first-order valence-corrected chi connectivity index (χ1v) is 42.7. The van der Waals surface area contributed by atoms with Crippen LogP contribution in [0.25, 0.3) is 22.3 Å². The number of carbonyl (C=O) groups excluding carboxylic acids is 7. The lowest BCUT2D eigenvalue weighted by Gasteiger charge is -2.48. The average Bonchev–Trinajstić information content (AvgIpc) is 0.762. The average molecular weight is 1830 g/mol. The van der Waals surface area contributed by atoms with Gasteiger partial charge in [0.1, 0.15) is 89.5 Å². The molecule has 35 nitrogen and oxygen atoms in total. The smallest absolute Gasteiger partial charge is 0.330 e. The fourth-order valence-corrected chi connectivity index (χ4v) is 18.1. The zero-order valence-electron chi connectivity index (χ0n) is 69.3. The lowest BCUT2D eigenvalue weighted by atomic mass is 9.84. The largest absolute Gasteiger partial charge is 0.508 e. The van der Waals surface area contributed by atoms with E-state index >= 15 is 24.0 Å². The van der Waals surface area contributed by atoms with Gasteiger partial charge in [-0.2, -0.15) is 8.42 Å². The summed E-state index contributed by atoms with van der Waals surface area (Å²) in [4.78, 5) is 119. The zero-order chi connectivity index (χ0) is 91.9. The van der Waals surface area contributed by atoms with Crippen LogP contribution in [0.4, 0.5) is 0 Å². The molecule has 7 amide bonds. The predicted octanol–water partition coefficient (Wildman–Crippen LogP) is 6.60. The second-order valence-electron chi connectivity index (χ2n) is 32.5. The summed E-state index contributed by atoms with van der Waals surface area (Å²) in [6, 6.07) is 16.8. The molecule has 7 aliphatic heterocycles. The van der Waals surface area contributed by atoms with Crippen molar-refractivity contribution in [1.29, 1.82) is 0 Å². The van der Waals surface area contributed by atoms with Crippen molar-refractivity contribution < 1.29 is 125 Å². The predicted molar refractivity (Wildman–Crippen MR) is 456 cm³/mol. The molecule has 11 bridgehead atoms. The number of aliphatic hydroxyl groups excluding tert-OH is 5. The van der Waals surface area contributed by atoms with Crippen LogP contribution in [0, 0.1) is 26.7 Å². The Balaban J connectivity index is 1.01. The SMILES string of the molecule is CN[C@@H](CC(C)C)C(=O)N[C@H]1C(=O)N[C@@H](CC(N)=O)C(=O)NC2C(=O)NC3C(=O)N[C@H](C(=O)N[C@@H](C(=O)O)c4cc(O)cc(O)c4-c4cc3ccc4O)[C@H](O)c3ccc(c(Cl)c3)Oc3cc2cc(c3OC2OC(COS(=O)(=O)c3c(C)cc(C)cc3C)C(O)C(O)C2OC2CC(C)(NCc3ccc(-c4ccc(Cl)cc4)cc3)C(O)C(C)O2)Oc2ccc(cc2Cl)[C@H]1O. The van der Waals surface area contributed by atoms with Crippen LogP contribution in [-0.2, 0) is 73.4 Å². The van der Waals surface area contributed by atoms with Gasteiger partial charge in [0.15, 0.2) is 29.9 Å². The summed E-state index contributed by atoms with van der Waals surface area (Å²) in [6.45, 7) is 10.8. The highest BCUT2D eigenvalue weighted by atomic mass is 35.5. The van der Waals surface area contributed by atoms with Crippen molar-refractivity contribution in [3.8, 4) is 68.2 Å². The van der Waals surface area contributed by atoms with Crippen molar-refractivity contribution in [2.75, 3.05) is 13.7 Å². The Morgan fingerprint density at radius 3 is 1.84 bits per heavy atom. The zero-order valence-corrected chi connectivity index (χ0v) is 72.4. The Hall–Kier alpha value is -11.3. The number of nitrogens with one attached hydrogen (secondary N) is 8. The number of nitrogens with two attached hydrogens (primary N) is 1. The van der Waals surface area contributed by atoms with Gasteiger partial charge in [0.25, 0.3) is 10.1 Å². The lowest BCUT2D eigenvalue weighted by molar-refractivity contribution is -0.334. The summed E-state index contributed by atoms with van der Waals surface area (Å²) in [6.07, 6.45) is -20.1. The number of aliphatic hydroxyl groups is 5. The van der Waals surface area contributed by atoms with E-state index in [0.717, 1.165) is 83.4 Å². The Kier molecular flexibility index (Phi) is 28.2. The minimum atomic E-state index is -4.79. The minimum absolute atomic E-state index is 0.131. The third-order valence-corrected chi connectivity index (χ3v) is 25.1. The highest BCUT2D eigenvalue weighted by molar-refractivity contribution is 7.86. The molecule has 127 heavy (non-hydrogen) atoms. The maximum absolute atomic E-state index is 16.4. The number of benzene rings is 8. The van der Waals surface area contributed by atoms with Crippen molar-refractivity contribution >= 4 is 92.2 Å². The summed E-state index contributed by atoms with van der Waals surface area (Å²) in [5, 5.41) is 128. The molecule has 8 aromatic carbocycles. The molecular formula is C88H94Cl3N9O26S. The molecule has 15 rings (SSSR count). The number of hydrogen-bond donors (Lipinski definition) is 18. The third-order valence-electron chi connectivity index (χ3n) is 22.6. The highest BCUT2D eigenvalue weighted by Gasteiger charge is 2.53.